The van der Waals surface area contributed by atoms with Gasteiger partial charge in [0.1, 0.15) is 0 Å². The number of benzene rings is 3. The zero-order valence-electron chi connectivity index (χ0n) is 20.0. The SMILES string of the molecule is O=C1c2ccccc2C(=O)N1c1nc2nc(-c3ccccc3)c(-c3ccccc3)nc2c(=O)n1CCCCl. The van der Waals surface area contributed by atoms with Gasteiger partial charge < -0.3 is 0 Å². The minimum atomic E-state index is -0.548. The molecule has 0 radical (unpaired) electrons. The summed E-state index contributed by atoms with van der Waals surface area (Å²) in [5.74, 6) is -0.915. The van der Waals surface area contributed by atoms with Crippen LogP contribution in [0.15, 0.2) is 89.7 Å². The number of imide groups is 1. The van der Waals surface area contributed by atoms with E-state index in [2.05, 4.69) is 4.98 Å². The van der Waals surface area contributed by atoms with Crippen molar-refractivity contribution >= 4 is 40.5 Å². The predicted molar refractivity (Wildman–Crippen MR) is 145 cm³/mol. The molecule has 2 amide bonds. The third kappa shape index (κ3) is 3.86. The molecule has 0 spiro atoms. The minimum Gasteiger partial charge on any atom is -0.276 e. The maximum absolute atomic E-state index is 13.9. The van der Waals surface area contributed by atoms with Gasteiger partial charge in [-0.25, -0.2) is 14.9 Å². The highest BCUT2D eigenvalue weighted by Gasteiger charge is 2.39. The number of nitrogens with zero attached hydrogens (tertiary/aromatic N) is 5. The van der Waals surface area contributed by atoms with E-state index in [1.165, 1.54) is 4.57 Å². The van der Waals surface area contributed by atoms with Crippen molar-refractivity contribution in [1.82, 2.24) is 19.5 Å². The van der Waals surface area contributed by atoms with E-state index in [1.807, 2.05) is 60.7 Å². The Kier molecular flexibility index (Phi) is 6.01. The van der Waals surface area contributed by atoms with Crippen LogP contribution >= 0.6 is 11.6 Å². The van der Waals surface area contributed by atoms with Crippen molar-refractivity contribution in [3.8, 4) is 22.5 Å². The average Bonchev–Trinajstić information content (AvgIpc) is 3.22. The fourth-order valence-electron chi connectivity index (χ4n) is 4.58. The summed E-state index contributed by atoms with van der Waals surface area (Å²) in [7, 11) is 0. The Labute approximate surface area is 222 Å². The van der Waals surface area contributed by atoms with Gasteiger partial charge in [-0.1, -0.05) is 72.8 Å². The molecule has 0 aliphatic carbocycles. The fraction of sp³-hybridized carbons (Fsp3) is 0.103. The molecule has 3 heterocycles. The average molecular weight is 522 g/mol. The fourth-order valence-corrected chi connectivity index (χ4v) is 4.70. The van der Waals surface area contributed by atoms with E-state index in [4.69, 9.17) is 21.6 Å². The Morgan fingerprint density at radius 2 is 1.18 bits per heavy atom. The Morgan fingerprint density at radius 1 is 0.658 bits per heavy atom. The van der Waals surface area contributed by atoms with Crippen molar-refractivity contribution < 1.29 is 9.59 Å². The van der Waals surface area contributed by atoms with E-state index in [1.54, 1.807) is 24.3 Å². The Balaban J connectivity index is 1.63. The first-order valence-electron chi connectivity index (χ1n) is 12.1. The molecular weight excluding hydrogens is 502 g/mol. The van der Waals surface area contributed by atoms with Crippen molar-refractivity contribution in [3.05, 3.63) is 106 Å². The summed E-state index contributed by atoms with van der Waals surface area (Å²) < 4.78 is 1.29. The summed E-state index contributed by atoms with van der Waals surface area (Å²) in [4.78, 5) is 55.5. The van der Waals surface area contributed by atoms with Gasteiger partial charge >= 0.3 is 0 Å². The number of carbonyl (C=O) groups is 2. The van der Waals surface area contributed by atoms with E-state index in [9.17, 15) is 14.4 Å². The van der Waals surface area contributed by atoms with E-state index in [0.29, 0.717) is 17.8 Å². The summed E-state index contributed by atoms with van der Waals surface area (Å²) in [6, 6.07) is 25.5. The van der Waals surface area contributed by atoms with Crippen LogP contribution in [0.25, 0.3) is 33.7 Å². The van der Waals surface area contributed by atoms with Crippen LogP contribution in [0.2, 0.25) is 0 Å². The molecule has 186 valence electrons. The van der Waals surface area contributed by atoms with Crippen LogP contribution in [0.3, 0.4) is 0 Å². The smallest absolute Gasteiger partial charge is 0.276 e. The molecule has 8 nitrogen and oxygen atoms in total. The lowest BCUT2D eigenvalue weighted by atomic mass is 10.0. The van der Waals surface area contributed by atoms with Gasteiger partial charge in [0.05, 0.1) is 22.5 Å². The molecule has 0 unspecified atom stereocenters. The molecule has 0 N–H and O–H groups in total. The summed E-state index contributed by atoms with van der Waals surface area (Å²) in [5.41, 5.74) is 2.73. The summed E-state index contributed by atoms with van der Waals surface area (Å²) in [6.45, 7) is 0.150. The number of fused-ring (bicyclic) bond motifs is 2. The summed E-state index contributed by atoms with van der Waals surface area (Å²) in [6.07, 6.45) is 0.423. The number of halogens is 1. The van der Waals surface area contributed by atoms with Crippen molar-refractivity contribution in [2.75, 3.05) is 10.8 Å². The highest BCUT2D eigenvalue weighted by atomic mass is 35.5. The van der Waals surface area contributed by atoms with Gasteiger partial charge in [-0.05, 0) is 18.6 Å². The number of anilines is 1. The molecule has 1 aliphatic rings. The molecule has 38 heavy (non-hydrogen) atoms. The standard InChI is InChI=1S/C29H20ClN5O3/c30-16-9-17-34-28(38)24-25(33-29(34)35-26(36)20-14-7-8-15-21(20)27(35)37)32-23(19-12-5-2-6-13-19)22(31-24)18-10-3-1-4-11-18/h1-8,10-15H,9,16-17H2. The molecule has 6 rings (SSSR count). The maximum Gasteiger partial charge on any atom is 0.283 e. The number of carbonyl (C=O) groups excluding carboxylic acids is 2. The molecule has 0 fully saturated rings. The number of hydrogen-bond donors (Lipinski definition) is 0. The summed E-state index contributed by atoms with van der Waals surface area (Å²) >= 11 is 5.95. The van der Waals surface area contributed by atoms with E-state index in [-0.39, 0.29) is 40.7 Å². The zero-order valence-corrected chi connectivity index (χ0v) is 20.8. The molecule has 9 heteroatoms. The Morgan fingerprint density at radius 3 is 1.74 bits per heavy atom. The molecule has 0 saturated carbocycles. The van der Waals surface area contributed by atoms with Crippen molar-refractivity contribution in [1.29, 1.82) is 0 Å². The number of hydrogen-bond acceptors (Lipinski definition) is 6. The molecular formula is C29H20ClN5O3. The van der Waals surface area contributed by atoms with Crippen LogP contribution in [0.1, 0.15) is 27.1 Å². The number of rotatable bonds is 6. The Bertz CT molecular complexity index is 1740. The highest BCUT2D eigenvalue weighted by molar-refractivity contribution is 6.34. The normalized spacial score (nSPS) is 12.8. The molecule has 0 bridgehead atoms. The van der Waals surface area contributed by atoms with Gasteiger partial charge in [-0.2, -0.15) is 4.98 Å². The molecule has 0 atom stereocenters. The van der Waals surface area contributed by atoms with Gasteiger partial charge in [0.15, 0.2) is 11.2 Å². The van der Waals surface area contributed by atoms with Gasteiger partial charge in [0.2, 0.25) is 5.95 Å². The van der Waals surface area contributed by atoms with Crippen molar-refractivity contribution in [2.45, 2.75) is 13.0 Å². The van der Waals surface area contributed by atoms with Gasteiger partial charge in [-0.3, -0.25) is 19.0 Å². The number of amides is 2. The second-order valence-electron chi connectivity index (χ2n) is 8.73. The first-order valence-corrected chi connectivity index (χ1v) is 12.6. The van der Waals surface area contributed by atoms with Crippen molar-refractivity contribution in [3.63, 3.8) is 0 Å². The van der Waals surface area contributed by atoms with Gasteiger partial charge in [0, 0.05) is 23.6 Å². The third-order valence-corrected chi connectivity index (χ3v) is 6.64. The lowest BCUT2D eigenvalue weighted by molar-refractivity contribution is 0.0922. The quantitative estimate of drug-likeness (QED) is 0.231. The molecule has 3 aromatic carbocycles. The van der Waals surface area contributed by atoms with Crippen LogP contribution in [0, 0.1) is 0 Å². The maximum atomic E-state index is 13.9. The molecule has 2 aromatic heterocycles. The van der Waals surface area contributed by atoms with E-state index < -0.39 is 17.4 Å². The summed E-state index contributed by atoms with van der Waals surface area (Å²) in [5, 5.41) is 0. The van der Waals surface area contributed by atoms with E-state index in [0.717, 1.165) is 16.0 Å². The topological polar surface area (TPSA) is 98.1 Å². The molecule has 0 saturated heterocycles. The van der Waals surface area contributed by atoms with Crippen LogP contribution < -0.4 is 10.5 Å². The lowest BCUT2D eigenvalue weighted by Gasteiger charge is -2.19. The zero-order chi connectivity index (χ0) is 26.2. The number of aromatic nitrogens is 4. The van der Waals surface area contributed by atoms with E-state index >= 15 is 0 Å². The second kappa shape index (κ2) is 9.64. The predicted octanol–water partition coefficient (Wildman–Crippen LogP) is 4.95. The molecule has 1 aliphatic heterocycles. The lowest BCUT2D eigenvalue weighted by Crippen LogP contribution is -2.37. The molecule has 5 aromatic rings. The van der Waals surface area contributed by atoms with Crippen LogP contribution in [-0.2, 0) is 6.54 Å². The van der Waals surface area contributed by atoms with Crippen LogP contribution in [-0.4, -0.2) is 37.2 Å². The highest BCUT2D eigenvalue weighted by Crippen LogP contribution is 2.32. The minimum absolute atomic E-state index is 0.0402. The third-order valence-electron chi connectivity index (χ3n) is 6.38. The second-order valence-corrected chi connectivity index (χ2v) is 9.11. The first-order chi connectivity index (χ1) is 18.6. The van der Waals surface area contributed by atoms with Crippen LogP contribution in [0.4, 0.5) is 5.95 Å². The van der Waals surface area contributed by atoms with Gasteiger partial charge in [-0.15, -0.1) is 11.6 Å². The van der Waals surface area contributed by atoms with Crippen LogP contribution in [0.5, 0.6) is 0 Å². The largest absolute Gasteiger partial charge is 0.283 e. The van der Waals surface area contributed by atoms with Crippen molar-refractivity contribution in [2.24, 2.45) is 0 Å². The first kappa shape index (κ1) is 23.7. The number of alkyl halides is 1. The Hall–Kier alpha value is -4.69. The van der Waals surface area contributed by atoms with Gasteiger partial charge in [0.25, 0.3) is 17.4 Å². The monoisotopic (exact) mass is 521 g/mol.